The molecule has 0 atom stereocenters. The van der Waals surface area contributed by atoms with Crippen LogP contribution in [0.3, 0.4) is 0 Å². The van der Waals surface area contributed by atoms with Crippen molar-refractivity contribution in [1.82, 2.24) is 0 Å². The zero-order valence-corrected chi connectivity index (χ0v) is 19.2. The maximum absolute atomic E-state index is 5.88. The van der Waals surface area contributed by atoms with Gasteiger partial charge in [-0.15, -0.1) is 0 Å². The Morgan fingerprint density at radius 1 is 0.774 bits per heavy atom. The average molecular weight is 486 g/mol. The van der Waals surface area contributed by atoms with Crippen molar-refractivity contribution in [2.75, 3.05) is 21.3 Å². The molecular formula is C24H24BrNO5. The van der Waals surface area contributed by atoms with E-state index in [1.165, 1.54) is 0 Å². The highest BCUT2D eigenvalue weighted by Gasteiger charge is 2.10. The van der Waals surface area contributed by atoms with Gasteiger partial charge in [-0.25, -0.2) is 0 Å². The minimum absolute atomic E-state index is 0.235. The van der Waals surface area contributed by atoms with Crippen molar-refractivity contribution in [3.8, 4) is 23.0 Å². The quantitative estimate of drug-likeness (QED) is 0.276. The van der Waals surface area contributed by atoms with Crippen LogP contribution in [0, 0.1) is 0 Å². The molecule has 0 saturated carbocycles. The minimum Gasteiger partial charge on any atom is -0.496 e. The fourth-order valence-corrected chi connectivity index (χ4v) is 3.34. The van der Waals surface area contributed by atoms with Crippen LogP contribution in [-0.4, -0.2) is 27.5 Å². The van der Waals surface area contributed by atoms with Crippen molar-refractivity contribution in [2.45, 2.75) is 13.2 Å². The lowest BCUT2D eigenvalue weighted by Crippen LogP contribution is -1.98. The van der Waals surface area contributed by atoms with Gasteiger partial charge in [0.25, 0.3) is 0 Å². The van der Waals surface area contributed by atoms with Gasteiger partial charge in [0, 0.05) is 11.1 Å². The summed E-state index contributed by atoms with van der Waals surface area (Å²) < 4.78 is 22.9. The van der Waals surface area contributed by atoms with Crippen molar-refractivity contribution in [3.63, 3.8) is 0 Å². The number of benzene rings is 3. The molecule has 0 aliphatic carbocycles. The normalized spacial score (nSPS) is 10.7. The first-order chi connectivity index (χ1) is 15.1. The average Bonchev–Trinajstić information content (AvgIpc) is 2.81. The fraction of sp³-hybridized carbons (Fsp3) is 0.208. The molecule has 3 aromatic carbocycles. The first-order valence-electron chi connectivity index (χ1n) is 9.55. The molecule has 0 heterocycles. The molecule has 31 heavy (non-hydrogen) atoms. The molecule has 0 aliphatic heterocycles. The van der Waals surface area contributed by atoms with Crippen LogP contribution in [0.1, 0.15) is 16.7 Å². The SMILES string of the molecule is COc1cc(CO/N=C/c2ccc(OCc3ccccc3)c(OC)c2)c(OC)cc1Br. The molecule has 7 heteroatoms. The Morgan fingerprint density at radius 3 is 2.23 bits per heavy atom. The van der Waals surface area contributed by atoms with E-state index in [9.17, 15) is 0 Å². The Kier molecular flexibility index (Phi) is 8.18. The molecule has 162 valence electrons. The van der Waals surface area contributed by atoms with E-state index < -0.39 is 0 Å². The molecule has 6 nitrogen and oxygen atoms in total. The number of nitrogens with zero attached hydrogens (tertiary/aromatic N) is 1. The summed E-state index contributed by atoms with van der Waals surface area (Å²) in [4.78, 5) is 5.46. The Morgan fingerprint density at radius 2 is 1.52 bits per heavy atom. The van der Waals surface area contributed by atoms with Crippen LogP contribution in [0.25, 0.3) is 0 Å². The van der Waals surface area contributed by atoms with Crippen molar-refractivity contribution >= 4 is 22.1 Å². The van der Waals surface area contributed by atoms with Gasteiger partial charge in [-0.05, 0) is 51.8 Å². The summed E-state index contributed by atoms with van der Waals surface area (Å²) in [6, 6.07) is 19.2. The van der Waals surface area contributed by atoms with Crippen molar-refractivity contribution in [1.29, 1.82) is 0 Å². The van der Waals surface area contributed by atoms with Gasteiger partial charge in [0.2, 0.25) is 0 Å². The van der Waals surface area contributed by atoms with Crippen LogP contribution < -0.4 is 18.9 Å². The van der Waals surface area contributed by atoms with Crippen LogP contribution in [0.2, 0.25) is 0 Å². The van der Waals surface area contributed by atoms with E-state index in [-0.39, 0.29) is 6.61 Å². The van der Waals surface area contributed by atoms with Gasteiger partial charge < -0.3 is 23.8 Å². The first kappa shape index (κ1) is 22.5. The fourth-order valence-electron chi connectivity index (χ4n) is 2.86. The second-order valence-corrected chi connectivity index (χ2v) is 7.35. The Labute approximate surface area is 190 Å². The lowest BCUT2D eigenvalue weighted by molar-refractivity contribution is 0.129. The lowest BCUT2D eigenvalue weighted by Gasteiger charge is -2.12. The van der Waals surface area contributed by atoms with Crippen molar-refractivity contribution in [3.05, 3.63) is 81.8 Å². The molecule has 0 amide bonds. The van der Waals surface area contributed by atoms with E-state index in [0.717, 1.165) is 21.2 Å². The van der Waals surface area contributed by atoms with Crippen molar-refractivity contribution < 1.29 is 23.8 Å². The summed E-state index contributed by atoms with van der Waals surface area (Å²) >= 11 is 3.44. The molecule has 0 aromatic heterocycles. The molecule has 0 N–H and O–H groups in total. The number of hydrogen-bond acceptors (Lipinski definition) is 6. The third-order valence-corrected chi connectivity index (χ3v) is 5.10. The molecule has 3 aromatic rings. The van der Waals surface area contributed by atoms with Crippen LogP contribution in [0.4, 0.5) is 0 Å². The van der Waals surface area contributed by atoms with Crippen LogP contribution in [0.5, 0.6) is 23.0 Å². The number of methoxy groups -OCH3 is 3. The van der Waals surface area contributed by atoms with E-state index in [2.05, 4.69) is 21.1 Å². The Hall–Kier alpha value is -3.19. The third-order valence-electron chi connectivity index (χ3n) is 4.48. The summed E-state index contributed by atoms with van der Waals surface area (Å²) in [5.74, 6) is 2.67. The molecule has 0 saturated heterocycles. The highest BCUT2D eigenvalue weighted by molar-refractivity contribution is 9.10. The van der Waals surface area contributed by atoms with Gasteiger partial charge in [0.15, 0.2) is 11.5 Å². The Bertz CT molecular complexity index is 1020. The molecular weight excluding hydrogens is 462 g/mol. The molecule has 0 aliphatic rings. The van der Waals surface area contributed by atoms with Gasteiger partial charge in [-0.3, -0.25) is 0 Å². The minimum atomic E-state index is 0.235. The predicted molar refractivity (Wildman–Crippen MR) is 123 cm³/mol. The summed E-state index contributed by atoms with van der Waals surface area (Å²) in [5.41, 5.74) is 2.73. The van der Waals surface area contributed by atoms with E-state index in [4.69, 9.17) is 23.8 Å². The number of hydrogen-bond donors (Lipinski definition) is 0. The Balaban J connectivity index is 1.62. The second-order valence-electron chi connectivity index (χ2n) is 6.49. The number of rotatable bonds is 10. The molecule has 0 bridgehead atoms. The van der Waals surface area contributed by atoms with Crippen molar-refractivity contribution in [2.24, 2.45) is 5.16 Å². The number of ether oxygens (including phenoxy) is 4. The van der Waals surface area contributed by atoms with Gasteiger partial charge in [-0.1, -0.05) is 35.5 Å². The molecule has 0 radical (unpaired) electrons. The van der Waals surface area contributed by atoms with Gasteiger partial charge in [0.05, 0.1) is 32.0 Å². The highest BCUT2D eigenvalue weighted by Crippen LogP contribution is 2.33. The lowest BCUT2D eigenvalue weighted by atomic mass is 10.2. The van der Waals surface area contributed by atoms with E-state index in [1.54, 1.807) is 27.5 Å². The zero-order valence-electron chi connectivity index (χ0n) is 17.6. The summed E-state index contributed by atoms with van der Waals surface area (Å²) in [7, 11) is 4.82. The highest BCUT2D eigenvalue weighted by atomic mass is 79.9. The monoisotopic (exact) mass is 485 g/mol. The van der Waals surface area contributed by atoms with Gasteiger partial charge in [0.1, 0.15) is 24.7 Å². The molecule has 3 rings (SSSR count). The van der Waals surface area contributed by atoms with E-state index in [0.29, 0.717) is 29.6 Å². The number of oxime groups is 1. The van der Waals surface area contributed by atoms with E-state index in [1.807, 2.05) is 60.7 Å². The zero-order chi connectivity index (χ0) is 22.1. The van der Waals surface area contributed by atoms with E-state index >= 15 is 0 Å². The summed E-state index contributed by atoms with van der Waals surface area (Å²) in [6.45, 7) is 0.699. The van der Waals surface area contributed by atoms with Crippen LogP contribution in [0.15, 0.2) is 70.3 Å². The standard InChI is InChI=1S/C24H24BrNO5/c1-27-22-13-20(25)23(28-2)12-19(22)16-31-26-14-18-9-10-21(24(11-18)29-3)30-15-17-7-5-4-6-8-17/h4-14H,15-16H2,1-3H3/b26-14+. The third kappa shape index (κ3) is 6.15. The summed E-state index contributed by atoms with van der Waals surface area (Å²) in [6.07, 6.45) is 1.62. The molecule has 0 unspecified atom stereocenters. The molecule has 0 spiro atoms. The largest absolute Gasteiger partial charge is 0.496 e. The first-order valence-corrected chi connectivity index (χ1v) is 10.3. The summed E-state index contributed by atoms with van der Waals surface area (Å²) in [5, 5.41) is 4.06. The maximum Gasteiger partial charge on any atom is 0.161 e. The molecule has 0 fully saturated rings. The number of halogens is 1. The maximum atomic E-state index is 5.88. The van der Waals surface area contributed by atoms with Gasteiger partial charge >= 0.3 is 0 Å². The topological polar surface area (TPSA) is 58.5 Å². The predicted octanol–water partition coefficient (Wildman–Crippen LogP) is 5.60. The van der Waals surface area contributed by atoms with Gasteiger partial charge in [-0.2, -0.15) is 0 Å². The van der Waals surface area contributed by atoms with Crippen LogP contribution >= 0.6 is 15.9 Å². The smallest absolute Gasteiger partial charge is 0.161 e. The second kappa shape index (κ2) is 11.3. The van der Waals surface area contributed by atoms with Crippen LogP contribution in [-0.2, 0) is 18.1 Å².